The molecule has 0 bridgehead atoms. The van der Waals surface area contributed by atoms with Crippen molar-refractivity contribution in [2.75, 3.05) is 7.11 Å². The molecule has 1 atom stereocenters. The van der Waals surface area contributed by atoms with Gasteiger partial charge in [0.25, 0.3) is 0 Å². The van der Waals surface area contributed by atoms with Crippen molar-refractivity contribution in [2.24, 2.45) is 5.73 Å². The SMILES string of the molecule is COc1ccc(-c2nc3ccc(C)cn3c2CC(N)C(=O)O)cc1. The molecule has 0 amide bonds. The number of aryl methyl sites for hydroxylation is 1. The summed E-state index contributed by atoms with van der Waals surface area (Å²) in [5, 5.41) is 9.17. The van der Waals surface area contributed by atoms with Crippen LogP contribution in [0.25, 0.3) is 16.9 Å². The molecular weight excluding hydrogens is 306 g/mol. The number of rotatable bonds is 5. The molecule has 124 valence electrons. The fourth-order valence-corrected chi connectivity index (χ4v) is 2.67. The van der Waals surface area contributed by atoms with Crippen molar-refractivity contribution >= 4 is 11.6 Å². The monoisotopic (exact) mass is 325 g/mol. The Morgan fingerprint density at radius 3 is 2.62 bits per heavy atom. The zero-order valence-corrected chi connectivity index (χ0v) is 13.6. The van der Waals surface area contributed by atoms with Gasteiger partial charge in [0, 0.05) is 18.2 Å². The maximum Gasteiger partial charge on any atom is 0.320 e. The highest BCUT2D eigenvalue weighted by Crippen LogP contribution is 2.27. The molecule has 3 rings (SSSR count). The quantitative estimate of drug-likeness (QED) is 0.751. The van der Waals surface area contributed by atoms with E-state index in [2.05, 4.69) is 4.98 Å². The largest absolute Gasteiger partial charge is 0.497 e. The summed E-state index contributed by atoms with van der Waals surface area (Å²) in [4.78, 5) is 15.9. The maximum atomic E-state index is 11.2. The third-order valence-corrected chi connectivity index (χ3v) is 3.96. The fraction of sp³-hybridized carbons (Fsp3) is 0.222. The first-order chi connectivity index (χ1) is 11.5. The van der Waals surface area contributed by atoms with Crippen LogP contribution in [-0.4, -0.2) is 33.6 Å². The Balaban J connectivity index is 2.15. The molecule has 6 heteroatoms. The second-order valence-electron chi connectivity index (χ2n) is 5.72. The number of aliphatic carboxylic acids is 1. The van der Waals surface area contributed by atoms with Crippen LogP contribution in [-0.2, 0) is 11.2 Å². The summed E-state index contributed by atoms with van der Waals surface area (Å²) in [5.41, 5.74) is 10.0. The summed E-state index contributed by atoms with van der Waals surface area (Å²) in [6.07, 6.45) is 2.14. The summed E-state index contributed by atoms with van der Waals surface area (Å²) in [6.45, 7) is 1.98. The Kier molecular flexibility index (Phi) is 4.22. The van der Waals surface area contributed by atoms with Gasteiger partial charge in [-0.05, 0) is 42.8 Å². The van der Waals surface area contributed by atoms with Crippen LogP contribution in [0, 0.1) is 6.92 Å². The van der Waals surface area contributed by atoms with E-state index in [1.54, 1.807) is 7.11 Å². The van der Waals surface area contributed by atoms with Gasteiger partial charge in [0.05, 0.1) is 18.5 Å². The van der Waals surface area contributed by atoms with E-state index < -0.39 is 12.0 Å². The zero-order chi connectivity index (χ0) is 17.3. The van der Waals surface area contributed by atoms with Crippen molar-refractivity contribution in [3.05, 3.63) is 53.9 Å². The number of methoxy groups -OCH3 is 1. The molecule has 0 radical (unpaired) electrons. The molecule has 0 aliphatic carbocycles. The lowest BCUT2D eigenvalue weighted by molar-refractivity contribution is -0.138. The van der Waals surface area contributed by atoms with Crippen molar-refractivity contribution in [3.8, 4) is 17.0 Å². The Hall–Kier alpha value is -2.86. The average molecular weight is 325 g/mol. The van der Waals surface area contributed by atoms with Crippen LogP contribution in [0.3, 0.4) is 0 Å². The van der Waals surface area contributed by atoms with E-state index >= 15 is 0 Å². The lowest BCUT2D eigenvalue weighted by Crippen LogP contribution is -2.32. The fourth-order valence-electron chi connectivity index (χ4n) is 2.67. The van der Waals surface area contributed by atoms with Gasteiger partial charge in [0.15, 0.2) is 0 Å². The molecule has 0 saturated carbocycles. The minimum atomic E-state index is -1.03. The van der Waals surface area contributed by atoms with E-state index in [1.165, 1.54) is 0 Å². The number of benzene rings is 1. The molecule has 1 aromatic carbocycles. The molecule has 0 spiro atoms. The predicted octanol–water partition coefficient (Wildman–Crippen LogP) is 2.27. The molecule has 0 fully saturated rings. The number of fused-ring (bicyclic) bond motifs is 1. The van der Waals surface area contributed by atoms with Crippen LogP contribution < -0.4 is 10.5 Å². The van der Waals surface area contributed by atoms with E-state index in [9.17, 15) is 4.79 Å². The number of hydrogen-bond donors (Lipinski definition) is 2. The lowest BCUT2D eigenvalue weighted by Gasteiger charge is -2.09. The number of pyridine rings is 1. The molecule has 0 aliphatic rings. The third kappa shape index (κ3) is 2.96. The number of aromatic nitrogens is 2. The average Bonchev–Trinajstić information content (AvgIpc) is 2.92. The topological polar surface area (TPSA) is 89.9 Å². The standard InChI is InChI=1S/C18H19N3O3/c1-11-3-8-16-20-17(12-4-6-13(24-2)7-5-12)15(21(16)10-11)9-14(19)18(22)23/h3-8,10,14H,9,19H2,1-2H3,(H,22,23). The van der Waals surface area contributed by atoms with Crippen molar-refractivity contribution in [1.29, 1.82) is 0 Å². The Labute approximate surface area is 139 Å². The van der Waals surface area contributed by atoms with Gasteiger partial charge in [-0.2, -0.15) is 0 Å². The summed E-state index contributed by atoms with van der Waals surface area (Å²) in [7, 11) is 1.61. The highest BCUT2D eigenvalue weighted by molar-refractivity contribution is 5.75. The Morgan fingerprint density at radius 2 is 2.00 bits per heavy atom. The second-order valence-corrected chi connectivity index (χ2v) is 5.72. The number of nitrogens with zero attached hydrogens (tertiary/aromatic N) is 2. The number of hydrogen-bond acceptors (Lipinski definition) is 4. The van der Waals surface area contributed by atoms with E-state index in [0.29, 0.717) is 0 Å². The number of nitrogens with two attached hydrogens (primary N) is 1. The third-order valence-electron chi connectivity index (χ3n) is 3.96. The molecule has 0 aliphatic heterocycles. The van der Waals surface area contributed by atoms with E-state index in [0.717, 1.165) is 33.9 Å². The minimum absolute atomic E-state index is 0.196. The summed E-state index contributed by atoms with van der Waals surface area (Å²) < 4.78 is 7.10. The van der Waals surface area contributed by atoms with Crippen LogP contribution >= 0.6 is 0 Å². The van der Waals surface area contributed by atoms with E-state index in [-0.39, 0.29) is 6.42 Å². The first kappa shape index (κ1) is 16.0. The maximum absolute atomic E-state index is 11.2. The van der Waals surface area contributed by atoms with Gasteiger partial charge in [-0.25, -0.2) is 4.98 Å². The molecule has 3 N–H and O–H groups in total. The predicted molar refractivity (Wildman–Crippen MR) is 91.2 cm³/mol. The molecule has 1 unspecified atom stereocenters. The van der Waals surface area contributed by atoms with Crippen molar-refractivity contribution in [2.45, 2.75) is 19.4 Å². The number of imidazole rings is 1. The van der Waals surface area contributed by atoms with E-state index in [4.69, 9.17) is 15.6 Å². The Bertz CT molecular complexity index is 884. The van der Waals surface area contributed by atoms with Crippen LogP contribution in [0.15, 0.2) is 42.6 Å². The highest BCUT2D eigenvalue weighted by atomic mass is 16.5. The van der Waals surface area contributed by atoms with Crippen molar-refractivity contribution in [1.82, 2.24) is 9.38 Å². The molecular formula is C18H19N3O3. The van der Waals surface area contributed by atoms with Crippen LogP contribution in [0.2, 0.25) is 0 Å². The summed E-state index contributed by atoms with van der Waals surface area (Å²) >= 11 is 0. The highest BCUT2D eigenvalue weighted by Gasteiger charge is 2.20. The number of carboxylic acid groups (broad SMARTS) is 1. The summed E-state index contributed by atoms with van der Waals surface area (Å²) in [5.74, 6) is -0.277. The van der Waals surface area contributed by atoms with Crippen LogP contribution in [0.1, 0.15) is 11.3 Å². The number of carbonyl (C=O) groups is 1. The van der Waals surface area contributed by atoms with Gasteiger partial charge in [0.2, 0.25) is 0 Å². The van der Waals surface area contributed by atoms with Gasteiger partial charge in [-0.1, -0.05) is 6.07 Å². The number of carboxylic acids is 1. The zero-order valence-electron chi connectivity index (χ0n) is 13.6. The van der Waals surface area contributed by atoms with Crippen molar-refractivity contribution in [3.63, 3.8) is 0 Å². The first-order valence-corrected chi connectivity index (χ1v) is 7.60. The van der Waals surface area contributed by atoms with Gasteiger partial charge >= 0.3 is 5.97 Å². The molecule has 2 heterocycles. The normalized spacial score (nSPS) is 12.3. The molecule has 2 aromatic heterocycles. The molecule has 6 nitrogen and oxygen atoms in total. The van der Waals surface area contributed by atoms with Crippen molar-refractivity contribution < 1.29 is 14.6 Å². The minimum Gasteiger partial charge on any atom is -0.497 e. The number of ether oxygens (including phenoxy) is 1. The molecule has 24 heavy (non-hydrogen) atoms. The first-order valence-electron chi connectivity index (χ1n) is 7.60. The second kappa shape index (κ2) is 6.33. The van der Waals surface area contributed by atoms with Gasteiger partial charge < -0.3 is 20.0 Å². The smallest absolute Gasteiger partial charge is 0.320 e. The van der Waals surface area contributed by atoms with Gasteiger partial charge in [-0.15, -0.1) is 0 Å². The van der Waals surface area contributed by atoms with Crippen LogP contribution in [0.4, 0.5) is 0 Å². The lowest BCUT2D eigenvalue weighted by atomic mass is 10.1. The van der Waals surface area contributed by atoms with Gasteiger partial charge in [0.1, 0.15) is 17.4 Å². The molecule has 3 aromatic rings. The van der Waals surface area contributed by atoms with Crippen LogP contribution in [0.5, 0.6) is 5.75 Å². The Morgan fingerprint density at radius 1 is 1.29 bits per heavy atom. The molecule has 0 saturated heterocycles. The summed E-state index contributed by atoms with van der Waals surface area (Å²) in [6, 6.07) is 10.4. The van der Waals surface area contributed by atoms with Gasteiger partial charge in [-0.3, -0.25) is 4.79 Å². The van der Waals surface area contributed by atoms with E-state index in [1.807, 2.05) is 53.9 Å².